The molecule has 138 valence electrons. The molecule has 0 unspecified atom stereocenters. The van der Waals surface area contributed by atoms with E-state index in [-0.39, 0.29) is 24.2 Å². The van der Waals surface area contributed by atoms with Gasteiger partial charge in [-0.05, 0) is 44.1 Å². The van der Waals surface area contributed by atoms with Gasteiger partial charge < -0.3 is 15.4 Å². The van der Waals surface area contributed by atoms with Crippen LogP contribution < -0.4 is 10.6 Å². The number of carbonyl (C=O) groups is 1. The maximum absolute atomic E-state index is 13.9. The maximum Gasteiger partial charge on any atom is 0.315 e. The molecule has 1 aliphatic heterocycles. The lowest BCUT2D eigenvalue weighted by atomic mass is 9.94. The van der Waals surface area contributed by atoms with Gasteiger partial charge in [-0.15, -0.1) is 0 Å². The summed E-state index contributed by atoms with van der Waals surface area (Å²) in [5.74, 6) is 0.725. The molecule has 3 fully saturated rings. The second-order valence-electron chi connectivity index (χ2n) is 7.59. The SMILES string of the molecule is O=C(N[C@@H]1CCCC[C@H]1F)N[C@@H]1CCO[C@H]1c1ccnn1CC1CC1. The van der Waals surface area contributed by atoms with Crippen LogP contribution in [0.3, 0.4) is 0 Å². The fourth-order valence-electron chi connectivity index (χ4n) is 3.94. The number of amides is 2. The Balaban J connectivity index is 1.36. The molecule has 2 heterocycles. The second kappa shape index (κ2) is 7.32. The van der Waals surface area contributed by atoms with E-state index in [1.54, 1.807) is 6.20 Å². The van der Waals surface area contributed by atoms with Gasteiger partial charge in [0.15, 0.2) is 0 Å². The topological polar surface area (TPSA) is 68.2 Å². The van der Waals surface area contributed by atoms with E-state index < -0.39 is 6.17 Å². The fraction of sp³-hybridized carbons (Fsp3) is 0.778. The molecular weight excluding hydrogens is 323 g/mol. The number of nitrogens with one attached hydrogen (secondary N) is 2. The molecule has 2 aliphatic carbocycles. The number of rotatable bonds is 5. The third kappa shape index (κ3) is 3.97. The third-order valence-electron chi connectivity index (χ3n) is 5.58. The van der Waals surface area contributed by atoms with Gasteiger partial charge in [-0.2, -0.15) is 5.10 Å². The summed E-state index contributed by atoms with van der Waals surface area (Å²) in [5.41, 5.74) is 1.02. The lowest BCUT2D eigenvalue weighted by molar-refractivity contribution is 0.0916. The van der Waals surface area contributed by atoms with Gasteiger partial charge >= 0.3 is 6.03 Å². The summed E-state index contributed by atoms with van der Waals surface area (Å²) in [6.07, 6.45) is 7.11. The van der Waals surface area contributed by atoms with Crippen molar-refractivity contribution in [3.8, 4) is 0 Å². The maximum atomic E-state index is 13.9. The Morgan fingerprint density at radius 1 is 1.20 bits per heavy atom. The van der Waals surface area contributed by atoms with Crippen LogP contribution in [0.5, 0.6) is 0 Å². The smallest absolute Gasteiger partial charge is 0.315 e. The molecule has 0 aromatic carbocycles. The van der Waals surface area contributed by atoms with Crippen molar-refractivity contribution >= 4 is 6.03 Å². The van der Waals surface area contributed by atoms with E-state index in [4.69, 9.17) is 4.74 Å². The zero-order valence-corrected chi connectivity index (χ0v) is 14.5. The van der Waals surface area contributed by atoms with E-state index in [1.807, 2.05) is 10.7 Å². The normalized spacial score (nSPS) is 32.5. The molecule has 1 aromatic heterocycles. The molecule has 2 saturated carbocycles. The van der Waals surface area contributed by atoms with Crippen LogP contribution >= 0.6 is 0 Å². The predicted octanol–water partition coefficient (Wildman–Crippen LogP) is 2.70. The van der Waals surface area contributed by atoms with E-state index >= 15 is 0 Å². The minimum atomic E-state index is -0.935. The lowest BCUT2D eigenvalue weighted by Gasteiger charge is -2.28. The minimum Gasteiger partial charge on any atom is -0.370 e. The summed E-state index contributed by atoms with van der Waals surface area (Å²) in [7, 11) is 0. The highest BCUT2D eigenvalue weighted by Gasteiger charge is 2.35. The number of aromatic nitrogens is 2. The van der Waals surface area contributed by atoms with Gasteiger partial charge in [0, 0.05) is 19.3 Å². The summed E-state index contributed by atoms with van der Waals surface area (Å²) in [5, 5.41) is 10.2. The number of carbonyl (C=O) groups excluding carboxylic acids is 1. The Morgan fingerprint density at radius 2 is 2.00 bits per heavy atom. The first-order chi connectivity index (χ1) is 12.2. The van der Waals surface area contributed by atoms with Crippen molar-refractivity contribution in [1.82, 2.24) is 20.4 Å². The number of urea groups is 1. The van der Waals surface area contributed by atoms with Crippen molar-refractivity contribution in [2.45, 2.75) is 75.8 Å². The van der Waals surface area contributed by atoms with Gasteiger partial charge in [-0.25, -0.2) is 9.18 Å². The summed E-state index contributed by atoms with van der Waals surface area (Å²) >= 11 is 0. The van der Waals surface area contributed by atoms with Gasteiger partial charge in [0.05, 0.1) is 17.8 Å². The molecule has 1 saturated heterocycles. The number of ether oxygens (including phenoxy) is 1. The zero-order chi connectivity index (χ0) is 17.2. The average molecular weight is 350 g/mol. The van der Waals surface area contributed by atoms with Crippen LogP contribution in [0.25, 0.3) is 0 Å². The molecule has 3 aliphatic rings. The molecule has 0 radical (unpaired) electrons. The zero-order valence-electron chi connectivity index (χ0n) is 14.5. The van der Waals surface area contributed by atoms with Gasteiger partial charge in [-0.1, -0.05) is 12.8 Å². The minimum absolute atomic E-state index is 0.101. The second-order valence-corrected chi connectivity index (χ2v) is 7.59. The standard InChI is InChI=1S/C18H27FN4O2/c19-13-3-1-2-4-14(13)21-18(24)22-15-8-10-25-17(15)16-7-9-20-23(16)11-12-5-6-12/h7,9,12-15,17H,1-6,8,10-11H2,(H2,21,22,24)/t13-,14-,15-,17-/m1/s1. The van der Waals surface area contributed by atoms with Gasteiger partial charge in [0.2, 0.25) is 0 Å². The van der Waals surface area contributed by atoms with Crippen molar-refractivity contribution in [3.05, 3.63) is 18.0 Å². The third-order valence-corrected chi connectivity index (χ3v) is 5.58. The molecular formula is C18H27FN4O2. The molecule has 2 amide bonds. The Morgan fingerprint density at radius 3 is 2.80 bits per heavy atom. The van der Waals surface area contributed by atoms with Crippen molar-refractivity contribution in [1.29, 1.82) is 0 Å². The first-order valence-corrected chi connectivity index (χ1v) is 9.55. The van der Waals surface area contributed by atoms with Crippen LogP contribution in [0.1, 0.15) is 56.7 Å². The highest BCUT2D eigenvalue weighted by Crippen LogP contribution is 2.34. The van der Waals surface area contributed by atoms with Crippen molar-refractivity contribution in [2.75, 3.05) is 6.61 Å². The number of nitrogens with zero attached hydrogens (tertiary/aromatic N) is 2. The van der Waals surface area contributed by atoms with Crippen molar-refractivity contribution < 1.29 is 13.9 Å². The van der Waals surface area contributed by atoms with Crippen molar-refractivity contribution in [2.24, 2.45) is 5.92 Å². The van der Waals surface area contributed by atoms with Crippen LogP contribution in [0, 0.1) is 5.92 Å². The molecule has 4 rings (SSSR count). The van der Waals surface area contributed by atoms with Crippen LogP contribution in [0.2, 0.25) is 0 Å². The number of hydrogen-bond donors (Lipinski definition) is 2. The Kier molecular flexibility index (Phi) is 4.92. The summed E-state index contributed by atoms with van der Waals surface area (Å²) < 4.78 is 21.8. The highest BCUT2D eigenvalue weighted by atomic mass is 19.1. The summed E-state index contributed by atoms with van der Waals surface area (Å²) in [6.45, 7) is 1.53. The molecule has 25 heavy (non-hydrogen) atoms. The van der Waals surface area contributed by atoms with E-state index in [0.717, 1.165) is 37.4 Å². The quantitative estimate of drug-likeness (QED) is 0.858. The Hall–Kier alpha value is -1.63. The van der Waals surface area contributed by atoms with E-state index in [9.17, 15) is 9.18 Å². The molecule has 6 nitrogen and oxygen atoms in total. The monoisotopic (exact) mass is 350 g/mol. The molecule has 1 aromatic rings. The number of halogens is 1. The lowest BCUT2D eigenvalue weighted by Crippen LogP contribution is -2.50. The van der Waals surface area contributed by atoms with Crippen LogP contribution in [0.15, 0.2) is 12.3 Å². The Bertz CT molecular complexity index is 604. The van der Waals surface area contributed by atoms with Gasteiger partial charge in [-0.3, -0.25) is 4.68 Å². The largest absolute Gasteiger partial charge is 0.370 e. The van der Waals surface area contributed by atoms with Gasteiger partial charge in [0.25, 0.3) is 0 Å². The van der Waals surface area contributed by atoms with Gasteiger partial charge in [0.1, 0.15) is 12.3 Å². The fourth-order valence-corrected chi connectivity index (χ4v) is 3.94. The molecule has 0 spiro atoms. The number of alkyl halides is 1. The van der Waals surface area contributed by atoms with E-state index in [1.165, 1.54) is 12.8 Å². The molecule has 7 heteroatoms. The highest BCUT2D eigenvalue weighted by molar-refractivity contribution is 5.74. The molecule has 0 bridgehead atoms. The van der Waals surface area contributed by atoms with E-state index in [2.05, 4.69) is 15.7 Å². The summed E-state index contributed by atoms with van der Waals surface area (Å²) in [4.78, 5) is 12.3. The first kappa shape index (κ1) is 16.8. The first-order valence-electron chi connectivity index (χ1n) is 9.55. The van der Waals surface area contributed by atoms with Crippen LogP contribution in [-0.2, 0) is 11.3 Å². The predicted molar refractivity (Wildman–Crippen MR) is 90.9 cm³/mol. The van der Waals surface area contributed by atoms with Crippen LogP contribution in [0.4, 0.5) is 9.18 Å². The Labute approximate surface area is 147 Å². The molecule has 2 N–H and O–H groups in total. The van der Waals surface area contributed by atoms with E-state index in [0.29, 0.717) is 19.4 Å². The summed E-state index contributed by atoms with van der Waals surface area (Å²) in [6, 6.07) is 1.22. The average Bonchev–Trinajstić information content (AvgIpc) is 3.10. The number of hydrogen-bond acceptors (Lipinski definition) is 3. The van der Waals surface area contributed by atoms with Crippen LogP contribution in [-0.4, -0.2) is 40.7 Å². The van der Waals surface area contributed by atoms with Crippen molar-refractivity contribution in [3.63, 3.8) is 0 Å². The molecule has 4 atom stereocenters.